The number of benzene rings is 1. The largest absolute Gasteiger partial charge is 0.383 e. The van der Waals surface area contributed by atoms with Crippen molar-refractivity contribution in [3.8, 4) is 0 Å². The topological polar surface area (TPSA) is 48.9 Å². The number of aliphatic imine (C=N–C) groups is 1. The molecule has 0 aromatic heterocycles. The van der Waals surface area contributed by atoms with Crippen LogP contribution in [0.1, 0.15) is 30.9 Å². The number of rotatable bonds is 10. The fourth-order valence-corrected chi connectivity index (χ4v) is 2.92. The SMILES string of the molecule is CCc1ccccc1CNC(=NC)NCCN(CCOC)C1CC1.I. The van der Waals surface area contributed by atoms with E-state index in [1.54, 1.807) is 7.11 Å². The summed E-state index contributed by atoms with van der Waals surface area (Å²) in [5, 5.41) is 6.84. The predicted octanol–water partition coefficient (Wildman–Crippen LogP) is 2.64. The Morgan fingerprint density at radius 2 is 1.92 bits per heavy atom. The van der Waals surface area contributed by atoms with Gasteiger partial charge in [-0.2, -0.15) is 0 Å². The smallest absolute Gasteiger partial charge is 0.191 e. The van der Waals surface area contributed by atoms with Gasteiger partial charge in [0, 0.05) is 46.4 Å². The Morgan fingerprint density at radius 3 is 2.52 bits per heavy atom. The van der Waals surface area contributed by atoms with Crippen LogP contribution in [0.25, 0.3) is 0 Å². The summed E-state index contributed by atoms with van der Waals surface area (Å²) in [6.45, 7) is 6.74. The molecule has 5 nitrogen and oxygen atoms in total. The monoisotopic (exact) mass is 460 g/mol. The molecule has 1 saturated carbocycles. The second-order valence-electron chi connectivity index (χ2n) is 6.23. The molecule has 1 aliphatic carbocycles. The normalized spacial score (nSPS) is 14.3. The van der Waals surface area contributed by atoms with E-state index in [4.69, 9.17) is 4.74 Å². The first-order chi connectivity index (χ1) is 11.8. The summed E-state index contributed by atoms with van der Waals surface area (Å²) in [6, 6.07) is 9.32. The van der Waals surface area contributed by atoms with E-state index >= 15 is 0 Å². The van der Waals surface area contributed by atoms with Crippen molar-refractivity contribution < 1.29 is 4.74 Å². The summed E-state index contributed by atoms with van der Waals surface area (Å²) >= 11 is 0. The quantitative estimate of drug-likeness (QED) is 0.320. The summed E-state index contributed by atoms with van der Waals surface area (Å²) in [7, 11) is 3.59. The molecule has 0 unspecified atom stereocenters. The van der Waals surface area contributed by atoms with Gasteiger partial charge in [0.15, 0.2) is 5.96 Å². The van der Waals surface area contributed by atoms with Crippen molar-refractivity contribution in [2.75, 3.05) is 40.4 Å². The molecule has 25 heavy (non-hydrogen) atoms. The number of hydrogen-bond donors (Lipinski definition) is 2. The van der Waals surface area contributed by atoms with Crippen LogP contribution in [0.2, 0.25) is 0 Å². The van der Waals surface area contributed by atoms with E-state index in [1.807, 2.05) is 7.05 Å². The Labute approximate surface area is 169 Å². The van der Waals surface area contributed by atoms with Crippen LogP contribution in [0.5, 0.6) is 0 Å². The standard InChI is InChI=1S/C19H32N4O.HI/c1-4-16-7-5-6-8-17(16)15-22-19(20-2)21-11-12-23(13-14-24-3)18-9-10-18;/h5-8,18H,4,9-15H2,1-3H3,(H2,20,21,22);1H. The molecule has 0 aliphatic heterocycles. The van der Waals surface area contributed by atoms with Crippen molar-refractivity contribution in [2.45, 2.75) is 38.8 Å². The van der Waals surface area contributed by atoms with Crippen LogP contribution < -0.4 is 10.6 Å². The molecular formula is C19H33IN4O. The van der Waals surface area contributed by atoms with Crippen LogP contribution in [0.3, 0.4) is 0 Å². The van der Waals surface area contributed by atoms with Crippen LogP contribution in [-0.4, -0.2) is 57.3 Å². The molecule has 0 atom stereocenters. The molecule has 0 radical (unpaired) electrons. The Kier molecular flexibility index (Phi) is 11.1. The van der Waals surface area contributed by atoms with E-state index in [2.05, 4.69) is 51.7 Å². The van der Waals surface area contributed by atoms with Crippen LogP contribution in [0.15, 0.2) is 29.3 Å². The first kappa shape index (κ1) is 22.2. The lowest BCUT2D eigenvalue weighted by molar-refractivity contribution is 0.144. The van der Waals surface area contributed by atoms with Crippen molar-refractivity contribution in [1.29, 1.82) is 0 Å². The molecule has 0 saturated heterocycles. The predicted molar refractivity (Wildman–Crippen MR) is 116 cm³/mol. The van der Waals surface area contributed by atoms with Crippen molar-refractivity contribution >= 4 is 29.9 Å². The third-order valence-electron chi connectivity index (χ3n) is 4.51. The fourth-order valence-electron chi connectivity index (χ4n) is 2.92. The average molecular weight is 460 g/mol. The second kappa shape index (κ2) is 12.5. The molecule has 1 aliphatic rings. The third-order valence-corrected chi connectivity index (χ3v) is 4.51. The van der Waals surface area contributed by atoms with E-state index in [0.717, 1.165) is 51.2 Å². The molecule has 1 fully saturated rings. The van der Waals surface area contributed by atoms with E-state index in [0.29, 0.717) is 0 Å². The molecule has 2 N–H and O–H groups in total. The van der Waals surface area contributed by atoms with Crippen LogP contribution in [0, 0.1) is 0 Å². The lowest BCUT2D eigenvalue weighted by atomic mass is 10.1. The van der Waals surface area contributed by atoms with E-state index in [9.17, 15) is 0 Å². The molecule has 0 bridgehead atoms. The number of nitrogens with one attached hydrogen (secondary N) is 2. The van der Waals surface area contributed by atoms with E-state index < -0.39 is 0 Å². The maximum absolute atomic E-state index is 5.21. The van der Waals surface area contributed by atoms with E-state index in [-0.39, 0.29) is 24.0 Å². The van der Waals surface area contributed by atoms with Crippen molar-refractivity contribution in [2.24, 2.45) is 4.99 Å². The number of aryl methyl sites for hydroxylation is 1. The zero-order valence-corrected chi connectivity index (χ0v) is 18.1. The molecule has 142 valence electrons. The molecular weight excluding hydrogens is 427 g/mol. The van der Waals surface area contributed by atoms with Gasteiger partial charge < -0.3 is 15.4 Å². The first-order valence-corrected chi connectivity index (χ1v) is 9.02. The summed E-state index contributed by atoms with van der Waals surface area (Å²) in [5.74, 6) is 0.864. The first-order valence-electron chi connectivity index (χ1n) is 9.02. The Bertz CT molecular complexity index is 520. The van der Waals surface area contributed by atoms with Crippen LogP contribution in [0.4, 0.5) is 0 Å². The minimum absolute atomic E-state index is 0. The number of methoxy groups -OCH3 is 1. The van der Waals surface area contributed by atoms with Gasteiger partial charge in [0.1, 0.15) is 0 Å². The number of halogens is 1. The van der Waals surface area contributed by atoms with Gasteiger partial charge in [0.2, 0.25) is 0 Å². The van der Waals surface area contributed by atoms with Gasteiger partial charge in [-0.15, -0.1) is 24.0 Å². The average Bonchev–Trinajstić information content (AvgIpc) is 3.45. The lowest BCUT2D eigenvalue weighted by Crippen LogP contribution is -2.42. The van der Waals surface area contributed by atoms with Gasteiger partial charge in [0.25, 0.3) is 0 Å². The lowest BCUT2D eigenvalue weighted by Gasteiger charge is -2.22. The highest BCUT2D eigenvalue weighted by molar-refractivity contribution is 14.0. The van der Waals surface area contributed by atoms with Gasteiger partial charge in [0.05, 0.1) is 6.61 Å². The molecule has 0 heterocycles. The number of hydrogen-bond acceptors (Lipinski definition) is 3. The third kappa shape index (κ3) is 7.92. The molecule has 0 spiro atoms. The molecule has 0 amide bonds. The van der Waals surface area contributed by atoms with Crippen LogP contribution >= 0.6 is 24.0 Å². The highest BCUT2D eigenvalue weighted by Crippen LogP contribution is 2.25. The minimum atomic E-state index is 0. The van der Waals surface area contributed by atoms with E-state index in [1.165, 1.54) is 24.0 Å². The van der Waals surface area contributed by atoms with Crippen molar-refractivity contribution in [3.05, 3.63) is 35.4 Å². The molecule has 1 aromatic rings. The summed E-state index contributed by atoms with van der Waals surface area (Å²) in [6.07, 6.45) is 3.70. The highest BCUT2D eigenvalue weighted by atomic mass is 127. The minimum Gasteiger partial charge on any atom is -0.383 e. The van der Waals surface area contributed by atoms with Gasteiger partial charge in [-0.1, -0.05) is 31.2 Å². The van der Waals surface area contributed by atoms with Gasteiger partial charge >= 0.3 is 0 Å². The number of guanidine groups is 1. The van der Waals surface area contributed by atoms with Gasteiger partial charge in [-0.25, -0.2) is 0 Å². The maximum Gasteiger partial charge on any atom is 0.191 e. The van der Waals surface area contributed by atoms with Gasteiger partial charge in [-0.3, -0.25) is 9.89 Å². The Morgan fingerprint density at radius 1 is 1.20 bits per heavy atom. The zero-order chi connectivity index (χ0) is 17.2. The summed E-state index contributed by atoms with van der Waals surface area (Å²) in [5.41, 5.74) is 2.72. The van der Waals surface area contributed by atoms with Crippen molar-refractivity contribution in [1.82, 2.24) is 15.5 Å². The molecule has 1 aromatic carbocycles. The van der Waals surface area contributed by atoms with Gasteiger partial charge in [-0.05, 0) is 30.4 Å². The fraction of sp³-hybridized carbons (Fsp3) is 0.632. The summed E-state index contributed by atoms with van der Waals surface area (Å²) < 4.78 is 5.21. The Balaban J connectivity index is 0.00000312. The van der Waals surface area contributed by atoms with Crippen LogP contribution in [-0.2, 0) is 17.7 Å². The second-order valence-corrected chi connectivity index (χ2v) is 6.23. The highest BCUT2D eigenvalue weighted by Gasteiger charge is 2.28. The zero-order valence-electron chi connectivity index (χ0n) is 15.8. The number of ether oxygens (including phenoxy) is 1. The molecule has 2 rings (SSSR count). The Hall–Kier alpha value is -0.860. The molecule has 6 heteroatoms. The van der Waals surface area contributed by atoms with Crippen molar-refractivity contribution in [3.63, 3.8) is 0 Å². The number of nitrogens with zero attached hydrogens (tertiary/aromatic N) is 2. The summed E-state index contributed by atoms with van der Waals surface area (Å²) in [4.78, 5) is 6.84. The maximum atomic E-state index is 5.21.